The zero-order valence-electron chi connectivity index (χ0n) is 5.47. The van der Waals surface area contributed by atoms with Crippen LogP contribution in [0.3, 0.4) is 0 Å². The van der Waals surface area contributed by atoms with Crippen molar-refractivity contribution in [3.63, 3.8) is 0 Å². The van der Waals surface area contributed by atoms with Crippen LogP contribution in [0.25, 0.3) is 0 Å². The molecule has 0 spiro atoms. The zero-order chi connectivity index (χ0) is 7.40. The Bertz CT molecular complexity index is 213. The van der Waals surface area contributed by atoms with Crippen LogP contribution >= 0.6 is 0 Å². The first-order chi connectivity index (χ1) is 4.84. The van der Waals surface area contributed by atoms with Gasteiger partial charge in [0.2, 0.25) is 0 Å². The predicted molar refractivity (Wildman–Crippen MR) is 39.1 cm³/mol. The minimum Gasteiger partial charge on any atom is -0.370 e. The molecule has 10 heavy (non-hydrogen) atoms. The van der Waals surface area contributed by atoms with Gasteiger partial charge in [-0.1, -0.05) is 12.1 Å². The molecule has 0 amide bonds. The second-order valence-electron chi connectivity index (χ2n) is 1.86. The summed E-state index contributed by atoms with van der Waals surface area (Å²) >= 11 is 0. The Hall–Kier alpha value is -1.09. The SMILES string of the molecule is NCNc1ccccc1F. The highest BCUT2D eigenvalue weighted by molar-refractivity contribution is 5.43. The normalized spacial score (nSPS) is 9.40. The molecule has 0 aromatic heterocycles. The van der Waals surface area contributed by atoms with Crippen LogP contribution in [0.15, 0.2) is 24.3 Å². The van der Waals surface area contributed by atoms with Gasteiger partial charge in [-0.25, -0.2) is 4.39 Å². The molecule has 1 aromatic rings. The highest BCUT2D eigenvalue weighted by atomic mass is 19.1. The van der Waals surface area contributed by atoms with Crippen molar-refractivity contribution < 1.29 is 4.39 Å². The van der Waals surface area contributed by atoms with E-state index in [9.17, 15) is 4.39 Å². The first-order valence-electron chi connectivity index (χ1n) is 3.03. The van der Waals surface area contributed by atoms with Crippen LogP contribution in [0.1, 0.15) is 0 Å². The third kappa shape index (κ3) is 1.45. The monoisotopic (exact) mass is 140 g/mol. The lowest BCUT2D eigenvalue weighted by Crippen LogP contribution is -2.11. The summed E-state index contributed by atoms with van der Waals surface area (Å²) in [5.41, 5.74) is 5.60. The molecule has 0 fully saturated rings. The van der Waals surface area contributed by atoms with E-state index < -0.39 is 0 Å². The summed E-state index contributed by atoms with van der Waals surface area (Å²) in [5.74, 6) is -0.270. The lowest BCUT2D eigenvalue weighted by Gasteiger charge is -2.01. The summed E-state index contributed by atoms with van der Waals surface area (Å²) in [6, 6.07) is 6.41. The van der Waals surface area contributed by atoms with E-state index in [1.165, 1.54) is 6.07 Å². The van der Waals surface area contributed by atoms with Gasteiger partial charge in [0.05, 0.1) is 12.4 Å². The van der Waals surface area contributed by atoms with Gasteiger partial charge in [-0.3, -0.25) is 0 Å². The number of hydrogen-bond donors (Lipinski definition) is 2. The quantitative estimate of drug-likeness (QED) is 0.605. The molecule has 0 saturated carbocycles. The molecule has 0 aliphatic carbocycles. The fourth-order valence-corrected chi connectivity index (χ4v) is 0.715. The van der Waals surface area contributed by atoms with Crippen molar-refractivity contribution >= 4 is 5.69 Å². The fraction of sp³-hybridized carbons (Fsp3) is 0.143. The van der Waals surface area contributed by atoms with Crippen LogP contribution in [0.2, 0.25) is 0 Å². The van der Waals surface area contributed by atoms with Crippen molar-refractivity contribution in [1.82, 2.24) is 0 Å². The first kappa shape index (κ1) is 7.02. The molecule has 0 aliphatic rings. The van der Waals surface area contributed by atoms with Crippen molar-refractivity contribution in [2.45, 2.75) is 0 Å². The fourth-order valence-electron chi connectivity index (χ4n) is 0.715. The van der Waals surface area contributed by atoms with Crippen LogP contribution in [0, 0.1) is 5.82 Å². The van der Waals surface area contributed by atoms with Crippen LogP contribution in [0.5, 0.6) is 0 Å². The van der Waals surface area contributed by atoms with E-state index >= 15 is 0 Å². The number of nitrogens with two attached hydrogens (primary N) is 1. The molecule has 0 bridgehead atoms. The molecule has 2 nitrogen and oxygen atoms in total. The Labute approximate surface area is 58.9 Å². The molecule has 3 heteroatoms. The topological polar surface area (TPSA) is 38.0 Å². The van der Waals surface area contributed by atoms with Crippen LogP contribution in [0.4, 0.5) is 10.1 Å². The van der Waals surface area contributed by atoms with Gasteiger partial charge in [0.1, 0.15) is 5.82 Å². The van der Waals surface area contributed by atoms with Crippen LogP contribution in [-0.4, -0.2) is 6.67 Å². The molecule has 0 unspecified atom stereocenters. The molecule has 1 aromatic carbocycles. The highest BCUT2D eigenvalue weighted by Crippen LogP contribution is 2.10. The Balaban J connectivity index is 2.81. The summed E-state index contributed by atoms with van der Waals surface area (Å²) in [6.45, 7) is 0.251. The summed E-state index contributed by atoms with van der Waals surface area (Å²) in [4.78, 5) is 0. The van der Waals surface area contributed by atoms with Crippen molar-refractivity contribution in [1.29, 1.82) is 0 Å². The Morgan fingerprint density at radius 2 is 2.10 bits per heavy atom. The van der Waals surface area contributed by atoms with Gasteiger partial charge < -0.3 is 11.1 Å². The zero-order valence-corrected chi connectivity index (χ0v) is 5.47. The second-order valence-corrected chi connectivity index (χ2v) is 1.86. The molecular formula is C7H9FN2. The number of hydrogen-bond acceptors (Lipinski definition) is 2. The lowest BCUT2D eigenvalue weighted by atomic mass is 10.3. The number of halogens is 1. The third-order valence-electron chi connectivity index (χ3n) is 1.17. The largest absolute Gasteiger partial charge is 0.370 e. The van der Waals surface area contributed by atoms with Gasteiger partial charge in [0, 0.05) is 0 Å². The van der Waals surface area contributed by atoms with Crippen molar-refractivity contribution in [3.8, 4) is 0 Å². The molecular weight excluding hydrogens is 131 g/mol. The number of anilines is 1. The lowest BCUT2D eigenvalue weighted by molar-refractivity contribution is 0.630. The molecule has 1 rings (SSSR count). The molecule has 0 saturated heterocycles. The summed E-state index contributed by atoms with van der Waals surface area (Å²) in [5, 5.41) is 2.68. The molecule has 3 N–H and O–H groups in total. The molecule has 0 atom stereocenters. The average molecular weight is 140 g/mol. The smallest absolute Gasteiger partial charge is 0.146 e. The average Bonchev–Trinajstić information content (AvgIpc) is 1.94. The van der Waals surface area contributed by atoms with Crippen molar-refractivity contribution in [2.24, 2.45) is 5.73 Å². The maximum atomic E-state index is 12.7. The standard InChI is InChI=1S/C7H9FN2/c8-6-3-1-2-4-7(6)10-5-9/h1-4,10H,5,9H2. The number of para-hydroxylation sites is 1. The summed E-state index contributed by atoms with van der Waals surface area (Å²) in [6.07, 6.45) is 0. The minimum absolute atomic E-state index is 0.251. The Morgan fingerprint density at radius 1 is 1.40 bits per heavy atom. The van der Waals surface area contributed by atoms with E-state index in [1.54, 1.807) is 18.2 Å². The van der Waals surface area contributed by atoms with Gasteiger partial charge in [0.25, 0.3) is 0 Å². The van der Waals surface area contributed by atoms with E-state index in [-0.39, 0.29) is 12.5 Å². The Kier molecular flexibility index (Phi) is 2.23. The minimum atomic E-state index is -0.270. The van der Waals surface area contributed by atoms with E-state index in [2.05, 4.69) is 5.32 Å². The number of rotatable bonds is 2. The molecule has 54 valence electrons. The van der Waals surface area contributed by atoms with E-state index in [0.717, 1.165) is 0 Å². The van der Waals surface area contributed by atoms with E-state index in [0.29, 0.717) is 5.69 Å². The Morgan fingerprint density at radius 3 is 2.70 bits per heavy atom. The number of nitrogens with one attached hydrogen (secondary N) is 1. The maximum absolute atomic E-state index is 12.7. The van der Waals surface area contributed by atoms with Gasteiger partial charge in [-0.15, -0.1) is 0 Å². The highest BCUT2D eigenvalue weighted by Gasteiger charge is 1.95. The van der Waals surface area contributed by atoms with Gasteiger partial charge in [-0.05, 0) is 12.1 Å². The van der Waals surface area contributed by atoms with Crippen molar-refractivity contribution in [2.75, 3.05) is 12.0 Å². The van der Waals surface area contributed by atoms with E-state index in [4.69, 9.17) is 5.73 Å². The van der Waals surface area contributed by atoms with Crippen LogP contribution in [-0.2, 0) is 0 Å². The second kappa shape index (κ2) is 3.17. The molecule has 0 aliphatic heterocycles. The first-order valence-corrected chi connectivity index (χ1v) is 3.03. The predicted octanol–water partition coefficient (Wildman–Crippen LogP) is 1.15. The third-order valence-corrected chi connectivity index (χ3v) is 1.17. The molecule has 0 radical (unpaired) electrons. The van der Waals surface area contributed by atoms with Crippen molar-refractivity contribution in [3.05, 3.63) is 30.1 Å². The van der Waals surface area contributed by atoms with Crippen LogP contribution < -0.4 is 11.1 Å². The number of benzene rings is 1. The van der Waals surface area contributed by atoms with E-state index in [1.807, 2.05) is 0 Å². The van der Waals surface area contributed by atoms with Gasteiger partial charge >= 0.3 is 0 Å². The summed E-state index contributed by atoms with van der Waals surface area (Å²) in [7, 11) is 0. The van der Waals surface area contributed by atoms with Gasteiger partial charge in [0.15, 0.2) is 0 Å². The maximum Gasteiger partial charge on any atom is 0.146 e. The summed E-state index contributed by atoms with van der Waals surface area (Å²) < 4.78 is 12.7. The van der Waals surface area contributed by atoms with Gasteiger partial charge in [-0.2, -0.15) is 0 Å². The molecule has 0 heterocycles.